The van der Waals surface area contributed by atoms with E-state index in [2.05, 4.69) is 24.0 Å². The first-order valence-corrected chi connectivity index (χ1v) is 10.0. The number of hydrogen-bond donors (Lipinski definition) is 1. The normalized spacial score (nSPS) is 15.9. The second-order valence-corrected chi connectivity index (χ2v) is 7.64. The fourth-order valence-electron chi connectivity index (χ4n) is 3.60. The number of rotatable bonds is 6. The van der Waals surface area contributed by atoms with Gasteiger partial charge in [0, 0.05) is 25.4 Å². The molecule has 0 aliphatic carbocycles. The molecule has 0 unspecified atom stereocenters. The van der Waals surface area contributed by atoms with E-state index >= 15 is 0 Å². The van der Waals surface area contributed by atoms with E-state index in [1.807, 2.05) is 22.4 Å². The number of nitrogens with zero attached hydrogens (tertiary/aromatic N) is 3. The summed E-state index contributed by atoms with van der Waals surface area (Å²) < 4.78 is 1.67. The van der Waals surface area contributed by atoms with Gasteiger partial charge in [0.05, 0.1) is 0 Å². The molecule has 1 fully saturated rings. The number of amides is 1. The van der Waals surface area contributed by atoms with Crippen molar-refractivity contribution in [1.82, 2.24) is 19.7 Å². The zero-order chi connectivity index (χ0) is 17.8. The van der Waals surface area contributed by atoms with E-state index in [4.69, 9.17) is 0 Å². The van der Waals surface area contributed by atoms with Crippen molar-refractivity contribution in [3.8, 4) is 5.00 Å². The van der Waals surface area contributed by atoms with Gasteiger partial charge >= 0.3 is 5.69 Å². The summed E-state index contributed by atoms with van der Waals surface area (Å²) >= 11 is 1.53. The minimum atomic E-state index is -0.182. The van der Waals surface area contributed by atoms with Crippen LogP contribution in [-0.4, -0.2) is 38.7 Å². The summed E-state index contributed by atoms with van der Waals surface area (Å²) in [4.78, 5) is 26.6. The highest BCUT2D eigenvalue weighted by molar-refractivity contribution is 7.12. The Labute approximate surface area is 151 Å². The van der Waals surface area contributed by atoms with Gasteiger partial charge in [-0.1, -0.05) is 13.8 Å². The molecule has 3 heterocycles. The summed E-state index contributed by atoms with van der Waals surface area (Å²) in [6.45, 7) is 5.79. The molecule has 0 saturated carbocycles. The van der Waals surface area contributed by atoms with Gasteiger partial charge in [-0.25, -0.2) is 14.5 Å². The van der Waals surface area contributed by atoms with Crippen LogP contribution in [0.15, 0.2) is 22.3 Å². The van der Waals surface area contributed by atoms with Gasteiger partial charge in [-0.15, -0.1) is 11.3 Å². The molecule has 0 aromatic carbocycles. The first-order chi connectivity index (χ1) is 12.1. The van der Waals surface area contributed by atoms with Crippen LogP contribution in [0.3, 0.4) is 0 Å². The number of thiophene rings is 1. The Morgan fingerprint density at radius 2 is 2.08 bits per heavy atom. The highest BCUT2D eigenvalue weighted by atomic mass is 32.1. The van der Waals surface area contributed by atoms with E-state index in [1.54, 1.807) is 4.57 Å². The molecule has 0 radical (unpaired) electrons. The standard InChI is InChI=1S/C18H26N4O2S/c1-3-14(4-2)17(23)21-9-7-13(8-10-21)12-15-19-20-18(24)22(15)16-6-5-11-25-16/h5-6,11,13-14H,3-4,7-10,12H2,1-2H3,(H,20,24). The lowest BCUT2D eigenvalue weighted by Gasteiger charge is -2.33. The van der Waals surface area contributed by atoms with Gasteiger partial charge in [0.25, 0.3) is 0 Å². The molecule has 1 amide bonds. The lowest BCUT2D eigenvalue weighted by Crippen LogP contribution is -2.42. The van der Waals surface area contributed by atoms with Gasteiger partial charge in [-0.3, -0.25) is 4.79 Å². The Bertz CT molecular complexity index is 737. The average Bonchev–Trinajstić information content (AvgIpc) is 3.26. The monoisotopic (exact) mass is 362 g/mol. The van der Waals surface area contributed by atoms with Crippen LogP contribution in [0.5, 0.6) is 0 Å². The van der Waals surface area contributed by atoms with Crippen molar-refractivity contribution in [1.29, 1.82) is 0 Å². The lowest BCUT2D eigenvalue weighted by molar-refractivity contribution is -0.137. The summed E-state index contributed by atoms with van der Waals surface area (Å²) in [6, 6.07) is 3.87. The third kappa shape index (κ3) is 3.86. The van der Waals surface area contributed by atoms with Gasteiger partial charge in [0.15, 0.2) is 0 Å². The molecular weight excluding hydrogens is 336 g/mol. The fraction of sp³-hybridized carbons (Fsp3) is 0.611. The highest BCUT2D eigenvalue weighted by Crippen LogP contribution is 2.24. The molecule has 6 nitrogen and oxygen atoms in total. The van der Waals surface area contributed by atoms with E-state index in [0.29, 0.717) is 11.8 Å². The molecule has 1 N–H and O–H groups in total. The quantitative estimate of drug-likeness (QED) is 0.859. The second kappa shape index (κ2) is 7.99. The number of carbonyl (C=O) groups excluding carboxylic acids is 1. The predicted molar refractivity (Wildman–Crippen MR) is 99.1 cm³/mol. The van der Waals surface area contributed by atoms with Crippen molar-refractivity contribution in [3.63, 3.8) is 0 Å². The summed E-state index contributed by atoms with van der Waals surface area (Å²) in [5.41, 5.74) is -0.182. The fourth-order valence-corrected chi connectivity index (χ4v) is 4.35. The molecular formula is C18H26N4O2S. The van der Waals surface area contributed by atoms with E-state index in [9.17, 15) is 9.59 Å². The first kappa shape index (κ1) is 17.9. The van der Waals surface area contributed by atoms with Crippen molar-refractivity contribution in [3.05, 3.63) is 33.8 Å². The molecule has 1 aliphatic heterocycles. The Kier molecular flexibility index (Phi) is 5.73. The molecule has 0 spiro atoms. The first-order valence-electron chi connectivity index (χ1n) is 9.13. The molecule has 0 atom stereocenters. The van der Waals surface area contributed by atoms with E-state index in [0.717, 1.165) is 56.0 Å². The number of likely N-dealkylation sites (tertiary alicyclic amines) is 1. The largest absolute Gasteiger partial charge is 0.348 e. The van der Waals surface area contributed by atoms with Crippen LogP contribution in [0, 0.1) is 11.8 Å². The van der Waals surface area contributed by atoms with Gasteiger partial charge in [-0.2, -0.15) is 5.10 Å². The minimum Gasteiger partial charge on any atom is -0.342 e. The third-order valence-corrected chi connectivity index (χ3v) is 6.05. The van der Waals surface area contributed by atoms with Gasteiger partial charge in [0.2, 0.25) is 5.91 Å². The number of nitrogens with one attached hydrogen (secondary N) is 1. The zero-order valence-electron chi connectivity index (χ0n) is 14.9. The van der Waals surface area contributed by atoms with Crippen molar-refractivity contribution in [2.45, 2.75) is 46.0 Å². The average molecular weight is 362 g/mol. The predicted octanol–water partition coefficient (Wildman–Crippen LogP) is 2.84. The van der Waals surface area contributed by atoms with Crippen LogP contribution in [0.1, 0.15) is 45.4 Å². The molecule has 2 aromatic rings. The Morgan fingerprint density at radius 3 is 2.68 bits per heavy atom. The van der Waals surface area contributed by atoms with E-state index < -0.39 is 0 Å². The van der Waals surface area contributed by atoms with Crippen molar-refractivity contribution in [2.24, 2.45) is 11.8 Å². The highest BCUT2D eigenvalue weighted by Gasteiger charge is 2.27. The summed E-state index contributed by atoms with van der Waals surface area (Å²) in [7, 11) is 0. The number of H-pyrrole nitrogens is 1. The van der Waals surface area contributed by atoms with Crippen LogP contribution in [0.25, 0.3) is 5.00 Å². The molecule has 136 valence electrons. The Morgan fingerprint density at radius 1 is 1.36 bits per heavy atom. The molecule has 1 saturated heterocycles. The van der Waals surface area contributed by atoms with E-state index in [-0.39, 0.29) is 11.6 Å². The topological polar surface area (TPSA) is 71.0 Å². The van der Waals surface area contributed by atoms with Crippen molar-refractivity contribution >= 4 is 17.2 Å². The van der Waals surface area contributed by atoms with Crippen LogP contribution < -0.4 is 5.69 Å². The maximum atomic E-state index is 12.5. The van der Waals surface area contributed by atoms with Crippen LogP contribution >= 0.6 is 11.3 Å². The molecule has 3 rings (SSSR count). The minimum absolute atomic E-state index is 0.159. The summed E-state index contributed by atoms with van der Waals surface area (Å²) in [6.07, 6.45) is 4.53. The molecule has 25 heavy (non-hydrogen) atoms. The number of piperidine rings is 1. The maximum absolute atomic E-state index is 12.5. The number of aromatic amines is 1. The van der Waals surface area contributed by atoms with Gasteiger partial charge in [-0.05, 0) is 49.1 Å². The van der Waals surface area contributed by atoms with Crippen LogP contribution in [-0.2, 0) is 11.2 Å². The van der Waals surface area contributed by atoms with Gasteiger partial charge < -0.3 is 4.90 Å². The number of hydrogen-bond acceptors (Lipinski definition) is 4. The van der Waals surface area contributed by atoms with Gasteiger partial charge in [0.1, 0.15) is 10.8 Å². The molecule has 2 aromatic heterocycles. The SMILES string of the molecule is CCC(CC)C(=O)N1CCC(Cc2n[nH]c(=O)n2-c2cccs2)CC1. The Balaban J connectivity index is 1.62. The maximum Gasteiger partial charge on any atom is 0.348 e. The summed E-state index contributed by atoms with van der Waals surface area (Å²) in [5, 5.41) is 9.66. The molecule has 1 aliphatic rings. The van der Waals surface area contributed by atoms with Crippen LogP contribution in [0.2, 0.25) is 0 Å². The molecule has 7 heteroatoms. The smallest absolute Gasteiger partial charge is 0.342 e. The zero-order valence-corrected chi connectivity index (χ0v) is 15.7. The lowest BCUT2D eigenvalue weighted by atomic mass is 9.91. The number of aromatic nitrogens is 3. The number of carbonyl (C=O) groups is 1. The van der Waals surface area contributed by atoms with Crippen molar-refractivity contribution in [2.75, 3.05) is 13.1 Å². The Hall–Kier alpha value is -1.89. The van der Waals surface area contributed by atoms with Crippen molar-refractivity contribution < 1.29 is 4.79 Å². The summed E-state index contributed by atoms with van der Waals surface area (Å²) in [5.74, 6) is 1.71. The van der Waals surface area contributed by atoms with E-state index in [1.165, 1.54) is 11.3 Å². The molecule has 0 bridgehead atoms. The second-order valence-electron chi connectivity index (χ2n) is 6.72. The van der Waals surface area contributed by atoms with Crippen LogP contribution in [0.4, 0.5) is 0 Å². The third-order valence-electron chi connectivity index (χ3n) is 5.20.